The van der Waals surface area contributed by atoms with Gasteiger partial charge in [0.2, 0.25) is 5.43 Å². The van der Waals surface area contributed by atoms with Crippen molar-refractivity contribution >= 4 is 16.9 Å². The van der Waals surface area contributed by atoms with E-state index < -0.39 is 11.4 Å². The number of nitrogens with zero attached hydrogens (tertiary/aromatic N) is 1. The topological polar surface area (TPSA) is 79.5 Å². The van der Waals surface area contributed by atoms with Crippen molar-refractivity contribution in [3.05, 3.63) is 45.2 Å². The maximum Gasteiger partial charge on any atom is 0.341 e. The first-order valence-corrected chi connectivity index (χ1v) is 5.94. The molecule has 100 valence electrons. The largest absolute Gasteiger partial charge is 0.477 e. The number of pyridine rings is 1. The van der Waals surface area contributed by atoms with Gasteiger partial charge in [-0.2, -0.15) is 0 Å². The molecule has 0 unspecified atom stereocenters. The average Bonchev–Trinajstić information content (AvgIpc) is 2.32. The number of aliphatic hydroxyl groups is 1. The van der Waals surface area contributed by atoms with E-state index in [0.717, 1.165) is 11.1 Å². The molecule has 0 bridgehead atoms. The van der Waals surface area contributed by atoms with Gasteiger partial charge in [-0.3, -0.25) is 4.79 Å². The molecule has 0 aliphatic carbocycles. The maximum absolute atomic E-state index is 12.2. The molecule has 19 heavy (non-hydrogen) atoms. The summed E-state index contributed by atoms with van der Waals surface area (Å²) in [6, 6.07) is 3.61. The molecule has 0 fully saturated rings. The molecule has 5 nitrogen and oxygen atoms in total. The number of aromatic nitrogens is 1. The second-order valence-electron chi connectivity index (χ2n) is 4.57. The SMILES string of the molecule is Cc1cc(C)c2c(c1)c(=O)c(C(=O)O)cn2CCO. The van der Waals surface area contributed by atoms with E-state index in [4.69, 9.17) is 10.2 Å². The van der Waals surface area contributed by atoms with Crippen LogP contribution in [0, 0.1) is 13.8 Å². The molecule has 1 heterocycles. The molecular formula is C14H15NO4. The minimum atomic E-state index is -1.25. The normalized spacial score (nSPS) is 10.9. The molecule has 2 rings (SSSR count). The van der Waals surface area contributed by atoms with E-state index in [1.54, 1.807) is 10.6 Å². The van der Waals surface area contributed by atoms with Gasteiger partial charge in [-0.05, 0) is 31.0 Å². The first-order chi connectivity index (χ1) is 8.95. The van der Waals surface area contributed by atoms with Gasteiger partial charge in [0.1, 0.15) is 5.56 Å². The van der Waals surface area contributed by atoms with Crippen molar-refractivity contribution in [1.82, 2.24) is 4.57 Å². The number of aromatic carboxylic acids is 1. The molecule has 0 atom stereocenters. The molecule has 0 aliphatic heterocycles. The Hall–Kier alpha value is -2.14. The van der Waals surface area contributed by atoms with Gasteiger partial charge < -0.3 is 14.8 Å². The summed E-state index contributed by atoms with van der Waals surface area (Å²) in [5.41, 5.74) is 1.71. The highest BCUT2D eigenvalue weighted by atomic mass is 16.4. The molecule has 0 aliphatic rings. The monoisotopic (exact) mass is 261 g/mol. The van der Waals surface area contributed by atoms with Crippen LogP contribution < -0.4 is 5.43 Å². The number of hydrogen-bond donors (Lipinski definition) is 2. The highest BCUT2D eigenvalue weighted by Crippen LogP contribution is 2.19. The van der Waals surface area contributed by atoms with Gasteiger partial charge in [0.15, 0.2) is 0 Å². The molecular weight excluding hydrogens is 246 g/mol. The molecule has 1 aromatic heterocycles. The predicted octanol–water partition coefficient (Wildman–Crippen LogP) is 1.31. The Bertz CT molecular complexity index is 715. The smallest absolute Gasteiger partial charge is 0.341 e. The average molecular weight is 261 g/mol. The van der Waals surface area contributed by atoms with Crippen LogP contribution in [-0.2, 0) is 6.54 Å². The van der Waals surface area contributed by atoms with Gasteiger partial charge in [-0.1, -0.05) is 6.07 Å². The standard InChI is InChI=1S/C14H15NO4/c1-8-5-9(2)12-10(6-8)13(17)11(14(18)19)7-15(12)3-4-16/h5-7,16H,3-4H2,1-2H3,(H,18,19). The van der Waals surface area contributed by atoms with Crippen LogP contribution in [0.3, 0.4) is 0 Å². The summed E-state index contributed by atoms with van der Waals surface area (Å²) in [5.74, 6) is -1.25. The minimum absolute atomic E-state index is 0.121. The van der Waals surface area contributed by atoms with Gasteiger partial charge in [-0.15, -0.1) is 0 Å². The van der Waals surface area contributed by atoms with Crippen molar-refractivity contribution in [3.63, 3.8) is 0 Å². The fourth-order valence-electron chi connectivity index (χ4n) is 2.37. The Labute approximate surface area is 109 Å². The van der Waals surface area contributed by atoms with E-state index in [1.807, 2.05) is 19.9 Å². The first-order valence-electron chi connectivity index (χ1n) is 5.94. The highest BCUT2D eigenvalue weighted by Gasteiger charge is 2.15. The molecule has 0 amide bonds. The predicted molar refractivity (Wildman–Crippen MR) is 71.7 cm³/mol. The summed E-state index contributed by atoms with van der Waals surface area (Å²) in [4.78, 5) is 23.3. The third-order valence-corrected chi connectivity index (χ3v) is 3.08. The fraction of sp³-hybridized carbons (Fsp3) is 0.286. The van der Waals surface area contributed by atoms with Crippen molar-refractivity contribution in [2.75, 3.05) is 6.61 Å². The lowest BCUT2D eigenvalue weighted by molar-refractivity contribution is 0.0694. The van der Waals surface area contributed by atoms with Gasteiger partial charge in [0.05, 0.1) is 12.1 Å². The number of fused-ring (bicyclic) bond motifs is 1. The summed E-state index contributed by atoms with van der Waals surface area (Å²) in [6.07, 6.45) is 1.30. The summed E-state index contributed by atoms with van der Waals surface area (Å²) in [7, 11) is 0. The lowest BCUT2D eigenvalue weighted by Crippen LogP contribution is -2.20. The Kier molecular flexibility index (Phi) is 3.40. The summed E-state index contributed by atoms with van der Waals surface area (Å²) >= 11 is 0. The van der Waals surface area contributed by atoms with E-state index in [2.05, 4.69) is 0 Å². The first kappa shape index (κ1) is 13.3. The Morgan fingerprint density at radius 2 is 2.00 bits per heavy atom. The van der Waals surface area contributed by atoms with Crippen molar-refractivity contribution in [3.8, 4) is 0 Å². The van der Waals surface area contributed by atoms with Crippen molar-refractivity contribution in [2.45, 2.75) is 20.4 Å². The zero-order valence-corrected chi connectivity index (χ0v) is 10.8. The molecule has 0 saturated carbocycles. The van der Waals surface area contributed by atoms with Crippen LogP contribution in [0.15, 0.2) is 23.1 Å². The second kappa shape index (κ2) is 4.85. The number of hydrogen-bond acceptors (Lipinski definition) is 3. The Balaban J connectivity index is 2.96. The maximum atomic E-state index is 12.2. The van der Waals surface area contributed by atoms with Gasteiger partial charge in [0, 0.05) is 18.1 Å². The number of benzene rings is 1. The van der Waals surface area contributed by atoms with Crippen LogP contribution in [0.5, 0.6) is 0 Å². The summed E-state index contributed by atoms with van der Waals surface area (Å²) in [5, 5.41) is 18.5. The van der Waals surface area contributed by atoms with Crippen LogP contribution in [0.1, 0.15) is 21.5 Å². The lowest BCUT2D eigenvalue weighted by Gasteiger charge is -2.14. The van der Waals surface area contributed by atoms with Gasteiger partial charge >= 0.3 is 5.97 Å². The van der Waals surface area contributed by atoms with Gasteiger partial charge in [-0.25, -0.2) is 4.79 Å². The third kappa shape index (κ3) is 2.24. The Morgan fingerprint density at radius 1 is 1.32 bits per heavy atom. The molecule has 0 spiro atoms. The van der Waals surface area contributed by atoms with Crippen LogP contribution in [0.25, 0.3) is 10.9 Å². The number of aliphatic hydroxyl groups excluding tert-OH is 1. The van der Waals surface area contributed by atoms with Crippen LogP contribution in [0.2, 0.25) is 0 Å². The molecule has 2 N–H and O–H groups in total. The minimum Gasteiger partial charge on any atom is -0.477 e. The van der Waals surface area contributed by atoms with E-state index in [1.165, 1.54) is 6.20 Å². The zero-order valence-electron chi connectivity index (χ0n) is 10.8. The van der Waals surface area contributed by atoms with E-state index in [9.17, 15) is 9.59 Å². The number of carboxylic acid groups (broad SMARTS) is 1. The molecule has 0 radical (unpaired) electrons. The second-order valence-corrected chi connectivity index (χ2v) is 4.57. The van der Waals surface area contributed by atoms with Crippen LogP contribution in [0.4, 0.5) is 0 Å². The highest BCUT2D eigenvalue weighted by molar-refractivity contribution is 5.93. The van der Waals surface area contributed by atoms with E-state index >= 15 is 0 Å². The van der Waals surface area contributed by atoms with Crippen molar-refractivity contribution < 1.29 is 15.0 Å². The van der Waals surface area contributed by atoms with E-state index in [0.29, 0.717) is 10.9 Å². The third-order valence-electron chi connectivity index (χ3n) is 3.08. The summed E-state index contributed by atoms with van der Waals surface area (Å²) in [6.45, 7) is 3.85. The van der Waals surface area contributed by atoms with Crippen LogP contribution >= 0.6 is 0 Å². The fourth-order valence-corrected chi connectivity index (χ4v) is 2.37. The molecule has 2 aromatic rings. The zero-order chi connectivity index (χ0) is 14.2. The quantitative estimate of drug-likeness (QED) is 0.873. The number of aryl methyl sites for hydroxylation is 2. The number of carboxylic acids is 1. The Morgan fingerprint density at radius 3 is 2.58 bits per heavy atom. The molecule has 1 aromatic carbocycles. The van der Waals surface area contributed by atoms with Crippen LogP contribution in [-0.4, -0.2) is 27.4 Å². The van der Waals surface area contributed by atoms with Gasteiger partial charge in [0.25, 0.3) is 0 Å². The van der Waals surface area contributed by atoms with Crippen molar-refractivity contribution in [1.29, 1.82) is 0 Å². The molecule has 5 heteroatoms. The van der Waals surface area contributed by atoms with E-state index in [-0.39, 0.29) is 18.7 Å². The lowest BCUT2D eigenvalue weighted by atomic mass is 10.0. The molecule has 0 saturated heterocycles. The number of carbonyl (C=O) groups is 1. The number of rotatable bonds is 3. The summed E-state index contributed by atoms with van der Waals surface area (Å²) < 4.78 is 1.62. The van der Waals surface area contributed by atoms with Crippen molar-refractivity contribution in [2.24, 2.45) is 0 Å².